The number of benzene rings is 1. The first kappa shape index (κ1) is 22.3. The van der Waals surface area contributed by atoms with Crippen LogP contribution in [-0.4, -0.2) is 51.2 Å². The number of esters is 1. The molecule has 0 bridgehead atoms. The summed E-state index contributed by atoms with van der Waals surface area (Å²) in [6.45, 7) is 2.02. The summed E-state index contributed by atoms with van der Waals surface area (Å²) in [5.41, 5.74) is -0.202. The van der Waals surface area contributed by atoms with E-state index in [1.807, 2.05) is 18.2 Å². The van der Waals surface area contributed by atoms with Crippen LogP contribution in [0.3, 0.4) is 0 Å². The van der Waals surface area contributed by atoms with Crippen molar-refractivity contribution in [1.82, 2.24) is 20.0 Å². The predicted octanol–water partition coefficient (Wildman–Crippen LogP) is 3.19. The third-order valence-corrected chi connectivity index (χ3v) is 6.78. The van der Waals surface area contributed by atoms with E-state index < -0.39 is 11.5 Å². The minimum atomic E-state index is -1.21. The summed E-state index contributed by atoms with van der Waals surface area (Å²) in [6, 6.07) is 8.75. The third kappa shape index (κ3) is 4.11. The van der Waals surface area contributed by atoms with Gasteiger partial charge in [0, 0.05) is 23.7 Å². The highest BCUT2D eigenvalue weighted by Crippen LogP contribution is 2.31. The first-order valence-electron chi connectivity index (χ1n) is 10.9. The summed E-state index contributed by atoms with van der Waals surface area (Å²) < 4.78 is 6.18. The normalized spacial score (nSPS) is 21.2. The van der Waals surface area contributed by atoms with E-state index in [1.54, 1.807) is 13.0 Å². The summed E-state index contributed by atoms with van der Waals surface area (Å²) in [5, 5.41) is 7.92. The molecule has 0 radical (unpaired) electrons. The Morgan fingerprint density at radius 1 is 1.25 bits per heavy atom. The molecular weight excluding hydrogens is 432 g/mol. The SMILES string of the molecule is COC(=O)c1cc2n(n1)C[C@@](C)(C(=O)NC1CCCCC1)N(Cc1ccccc1Cl)C2=O. The molecule has 0 spiro atoms. The number of carbonyl (C=O) groups excluding carboxylic acids is 3. The lowest BCUT2D eigenvalue weighted by atomic mass is 9.91. The Kier molecular flexibility index (Phi) is 6.24. The standard InChI is InChI=1S/C23H27ClN4O4/c1-23(22(31)25-16-9-4-3-5-10-16)14-28-19(12-18(26-28)21(30)32-2)20(29)27(23)13-15-8-6-7-11-17(15)24/h6-8,11-12,16H,3-5,9-10,13-14H2,1-2H3,(H,25,31)/t23-/m0/s1. The molecule has 1 aromatic heterocycles. The maximum Gasteiger partial charge on any atom is 0.358 e. The van der Waals surface area contributed by atoms with Gasteiger partial charge in [-0.1, -0.05) is 49.1 Å². The van der Waals surface area contributed by atoms with Crippen molar-refractivity contribution in [1.29, 1.82) is 0 Å². The van der Waals surface area contributed by atoms with Gasteiger partial charge in [0.05, 0.1) is 13.7 Å². The van der Waals surface area contributed by atoms with Gasteiger partial charge in [-0.2, -0.15) is 5.10 Å². The number of halogens is 1. The van der Waals surface area contributed by atoms with Crippen LogP contribution in [-0.2, 0) is 22.6 Å². The molecule has 2 aliphatic rings. The van der Waals surface area contributed by atoms with Gasteiger partial charge >= 0.3 is 5.97 Å². The van der Waals surface area contributed by atoms with Crippen molar-refractivity contribution < 1.29 is 19.1 Å². The van der Waals surface area contributed by atoms with Crippen LogP contribution in [0.4, 0.5) is 0 Å². The van der Waals surface area contributed by atoms with Gasteiger partial charge in [-0.05, 0) is 31.4 Å². The average molecular weight is 459 g/mol. The van der Waals surface area contributed by atoms with E-state index in [1.165, 1.54) is 29.2 Å². The van der Waals surface area contributed by atoms with Crippen molar-refractivity contribution in [3.63, 3.8) is 0 Å². The molecule has 1 aliphatic carbocycles. The number of hydrogen-bond donors (Lipinski definition) is 1. The molecule has 0 saturated heterocycles. The van der Waals surface area contributed by atoms with E-state index in [-0.39, 0.29) is 42.3 Å². The molecule has 170 valence electrons. The number of rotatable bonds is 5. The molecule has 0 unspecified atom stereocenters. The Morgan fingerprint density at radius 2 is 1.97 bits per heavy atom. The van der Waals surface area contributed by atoms with E-state index in [0.29, 0.717) is 5.02 Å². The van der Waals surface area contributed by atoms with Crippen molar-refractivity contribution in [2.24, 2.45) is 0 Å². The quantitative estimate of drug-likeness (QED) is 0.694. The Labute approximate surface area is 191 Å². The van der Waals surface area contributed by atoms with E-state index >= 15 is 0 Å². The second-order valence-electron chi connectivity index (χ2n) is 8.63. The Morgan fingerprint density at radius 3 is 2.66 bits per heavy atom. The fraction of sp³-hybridized carbons (Fsp3) is 0.478. The van der Waals surface area contributed by atoms with Crippen LogP contribution in [0.5, 0.6) is 0 Å². The lowest BCUT2D eigenvalue weighted by molar-refractivity contribution is -0.134. The van der Waals surface area contributed by atoms with Crippen LogP contribution in [0, 0.1) is 0 Å². The minimum Gasteiger partial charge on any atom is -0.464 e. The molecule has 1 N–H and O–H groups in total. The maximum atomic E-state index is 13.6. The highest BCUT2D eigenvalue weighted by Gasteiger charge is 2.48. The Hall–Kier alpha value is -2.87. The number of aromatic nitrogens is 2. The van der Waals surface area contributed by atoms with Crippen molar-refractivity contribution in [3.8, 4) is 0 Å². The number of nitrogens with zero attached hydrogens (tertiary/aromatic N) is 3. The largest absolute Gasteiger partial charge is 0.464 e. The fourth-order valence-corrected chi connectivity index (χ4v) is 4.67. The number of ether oxygens (including phenoxy) is 1. The summed E-state index contributed by atoms with van der Waals surface area (Å²) in [4.78, 5) is 40.6. The second kappa shape index (κ2) is 8.94. The first-order chi connectivity index (χ1) is 15.3. The lowest BCUT2D eigenvalue weighted by Gasteiger charge is -2.44. The Balaban J connectivity index is 1.71. The topological polar surface area (TPSA) is 93.5 Å². The van der Waals surface area contributed by atoms with Crippen LogP contribution < -0.4 is 5.32 Å². The molecule has 4 rings (SSSR count). The zero-order valence-electron chi connectivity index (χ0n) is 18.3. The predicted molar refractivity (Wildman–Crippen MR) is 118 cm³/mol. The maximum absolute atomic E-state index is 13.6. The summed E-state index contributed by atoms with van der Waals surface area (Å²) in [6.07, 6.45) is 5.19. The van der Waals surface area contributed by atoms with Gasteiger partial charge in [-0.15, -0.1) is 0 Å². The lowest BCUT2D eigenvalue weighted by Crippen LogP contribution is -2.64. The summed E-state index contributed by atoms with van der Waals surface area (Å²) in [5.74, 6) is -1.25. The average Bonchev–Trinajstić information content (AvgIpc) is 3.22. The van der Waals surface area contributed by atoms with Gasteiger partial charge in [0.25, 0.3) is 5.91 Å². The van der Waals surface area contributed by atoms with Gasteiger partial charge in [0.2, 0.25) is 5.91 Å². The van der Waals surface area contributed by atoms with Crippen LogP contribution in [0.2, 0.25) is 5.02 Å². The molecule has 32 heavy (non-hydrogen) atoms. The highest BCUT2D eigenvalue weighted by atomic mass is 35.5. The second-order valence-corrected chi connectivity index (χ2v) is 9.04. The Bertz CT molecular complexity index is 1050. The van der Waals surface area contributed by atoms with Gasteiger partial charge in [0.1, 0.15) is 11.2 Å². The van der Waals surface area contributed by atoms with Gasteiger partial charge < -0.3 is 15.0 Å². The van der Waals surface area contributed by atoms with Crippen LogP contribution >= 0.6 is 11.6 Å². The molecule has 1 aromatic carbocycles. The molecule has 8 nitrogen and oxygen atoms in total. The number of methoxy groups -OCH3 is 1. The molecule has 9 heteroatoms. The minimum absolute atomic E-state index is 0.0329. The molecule has 1 saturated carbocycles. The molecule has 2 aromatic rings. The number of carbonyl (C=O) groups is 3. The van der Waals surface area contributed by atoms with Crippen molar-refractivity contribution in [2.45, 2.75) is 63.7 Å². The number of nitrogens with one attached hydrogen (secondary N) is 1. The van der Waals surface area contributed by atoms with E-state index in [2.05, 4.69) is 10.4 Å². The van der Waals surface area contributed by atoms with Crippen molar-refractivity contribution in [3.05, 3.63) is 52.3 Å². The molecular formula is C23H27ClN4O4. The zero-order valence-corrected chi connectivity index (χ0v) is 19.0. The summed E-state index contributed by atoms with van der Waals surface area (Å²) >= 11 is 6.37. The van der Waals surface area contributed by atoms with Crippen LogP contribution in [0.25, 0.3) is 0 Å². The highest BCUT2D eigenvalue weighted by molar-refractivity contribution is 6.31. The van der Waals surface area contributed by atoms with Gasteiger partial charge in [-0.3, -0.25) is 14.3 Å². The fourth-order valence-electron chi connectivity index (χ4n) is 4.48. The number of fused-ring (bicyclic) bond motifs is 1. The molecule has 2 heterocycles. The zero-order chi connectivity index (χ0) is 22.9. The van der Waals surface area contributed by atoms with Crippen molar-refractivity contribution in [2.75, 3.05) is 7.11 Å². The smallest absolute Gasteiger partial charge is 0.358 e. The van der Waals surface area contributed by atoms with E-state index in [9.17, 15) is 14.4 Å². The molecule has 1 atom stereocenters. The molecule has 1 aliphatic heterocycles. The third-order valence-electron chi connectivity index (χ3n) is 6.41. The van der Waals surface area contributed by atoms with Gasteiger partial charge in [-0.25, -0.2) is 4.79 Å². The number of hydrogen-bond acceptors (Lipinski definition) is 5. The number of amides is 2. The van der Waals surface area contributed by atoms with Gasteiger partial charge in [0.15, 0.2) is 5.69 Å². The van der Waals surface area contributed by atoms with E-state index in [0.717, 1.165) is 31.2 Å². The van der Waals surface area contributed by atoms with Crippen LogP contribution in [0.15, 0.2) is 30.3 Å². The monoisotopic (exact) mass is 458 g/mol. The van der Waals surface area contributed by atoms with Crippen LogP contribution in [0.1, 0.15) is 65.6 Å². The summed E-state index contributed by atoms with van der Waals surface area (Å²) in [7, 11) is 1.26. The van der Waals surface area contributed by atoms with Crippen molar-refractivity contribution >= 4 is 29.4 Å². The first-order valence-corrected chi connectivity index (χ1v) is 11.2. The van der Waals surface area contributed by atoms with E-state index in [4.69, 9.17) is 16.3 Å². The molecule has 1 fully saturated rings. The molecule has 2 amide bonds.